The van der Waals surface area contributed by atoms with E-state index in [0.717, 1.165) is 6.42 Å². The van der Waals surface area contributed by atoms with Crippen molar-refractivity contribution < 1.29 is 43.9 Å². The number of aliphatic hydroxyl groups excluding tert-OH is 3. The Morgan fingerprint density at radius 1 is 1.24 bits per heavy atom. The number of nitrogens with zero attached hydrogens (tertiary/aromatic N) is 1. The molecule has 1 aromatic rings. The van der Waals surface area contributed by atoms with Crippen LogP contribution in [0.3, 0.4) is 0 Å². The Morgan fingerprint density at radius 2 is 2.03 bits per heavy atom. The van der Waals surface area contributed by atoms with Gasteiger partial charge in [-0.1, -0.05) is 6.92 Å². The molecule has 1 fully saturated rings. The molecule has 0 aromatic heterocycles. The second-order valence-corrected chi connectivity index (χ2v) is 9.39. The van der Waals surface area contributed by atoms with Crippen molar-refractivity contribution in [2.45, 2.75) is 63.1 Å². The molecule has 0 radical (unpaired) electrons. The number of carbonyl (C=O) groups excluding carboxylic acids is 3. The summed E-state index contributed by atoms with van der Waals surface area (Å²) in [7, 11) is 1.45. The number of carbonyl (C=O) groups is 3. The Hall–Kier alpha value is -2.99. The van der Waals surface area contributed by atoms with Crippen LogP contribution >= 0.6 is 0 Å². The predicted molar refractivity (Wildman–Crippen MR) is 130 cm³/mol. The molecule has 4 N–H and O–H groups in total. The van der Waals surface area contributed by atoms with Gasteiger partial charge in [-0.3, -0.25) is 14.4 Å². The largest absolute Gasteiger partial charge is 0.493 e. The molecule has 11 nitrogen and oxygen atoms in total. The van der Waals surface area contributed by atoms with Crippen LogP contribution in [0.1, 0.15) is 43.2 Å². The fourth-order valence-corrected chi connectivity index (χ4v) is 5.28. The van der Waals surface area contributed by atoms with Crippen molar-refractivity contribution in [3.05, 3.63) is 34.9 Å². The standard InChI is InChI=1S/C26H34N2O9/c1-3-19(31)26(34)28(12-15-5-4-8-36-15)18-11-17(25(33)27-6-7-29)21-16-9-14(13-30)10-20(35-2)23(16)37-24(21)22(18)32/h9-11,15,18,21-22,24,29-30,32H,3-8,12-13H2,1-2H3,(H,27,33)/t15-,18-,21+,22+,24+/m1/s1. The number of methoxy groups -OCH3 is 1. The van der Waals surface area contributed by atoms with Crippen LogP contribution in [-0.2, 0) is 25.7 Å². The van der Waals surface area contributed by atoms with Crippen molar-refractivity contribution in [2.75, 3.05) is 33.4 Å². The van der Waals surface area contributed by atoms with Gasteiger partial charge in [0.2, 0.25) is 11.7 Å². The lowest BCUT2D eigenvalue weighted by molar-refractivity contribution is -0.149. The minimum atomic E-state index is -1.29. The van der Waals surface area contributed by atoms with E-state index < -0.39 is 41.8 Å². The average Bonchev–Trinajstić information content (AvgIpc) is 3.57. The number of hydrogen-bond acceptors (Lipinski definition) is 9. The molecule has 1 aliphatic carbocycles. The molecule has 0 unspecified atom stereocenters. The number of rotatable bonds is 10. The minimum absolute atomic E-state index is 0.00136. The quantitative estimate of drug-likeness (QED) is 0.308. The summed E-state index contributed by atoms with van der Waals surface area (Å²) in [6.45, 7) is 1.66. The van der Waals surface area contributed by atoms with Gasteiger partial charge in [-0.2, -0.15) is 0 Å². The lowest BCUT2D eigenvalue weighted by Crippen LogP contribution is -2.58. The molecule has 5 atom stereocenters. The molecule has 0 spiro atoms. The first-order valence-corrected chi connectivity index (χ1v) is 12.6. The van der Waals surface area contributed by atoms with Crippen LogP contribution < -0.4 is 14.8 Å². The molecule has 1 aromatic carbocycles. The van der Waals surface area contributed by atoms with E-state index in [2.05, 4.69) is 5.32 Å². The van der Waals surface area contributed by atoms with Crippen LogP contribution in [0.5, 0.6) is 11.5 Å². The van der Waals surface area contributed by atoms with Crippen molar-refractivity contribution in [3.8, 4) is 11.5 Å². The Balaban J connectivity index is 1.80. The van der Waals surface area contributed by atoms with Crippen LogP contribution in [0.15, 0.2) is 23.8 Å². The summed E-state index contributed by atoms with van der Waals surface area (Å²) in [5, 5.41) is 33.2. The van der Waals surface area contributed by atoms with Gasteiger partial charge >= 0.3 is 0 Å². The van der Waals surface area contributed by atoms with E-state index in [0.29, 0.717) is 35.7 Å². The summed E-state index contributed by atoms with van der Waals surface area (Å²) in [6.07, 6.45) is 0.464. The van der Waals surface area contributed by atoms with E-state index >= 15 is 0 Å². The summed E-state index contributed by atoms with van der Waals surface area (Å²) in [5.74, 6) is -1.95. The third kappa shape index (κ3) is 5.22. The van der Waals surface area contributed by atoms with Crippen LogP contribution in [0.4, 0.5) is 0 Å². The third-order valence-corrected chi connectivity index (χ3v) is 7.10. The second-order valence-electron chi connectivity index (χ2n) is 9.39. The molecule has 37 heavy (non-hydrogen) atoms. The molecule has 3 aliphatic rings. The van der Waals surface area contributed by atoms with Gasteiger partial charge in [0.15, 0.2) is 11.5 Å². The zero-order valence-electron chi connectivity index (χ0n) is 21.0. The lowest BCUT2D eigenvalue weighted by Gasteiger charge is -2.41. The number of aliphatic hydroxyl groups is 3. The normalized spacial score (nSPS) is 26.0. The molecule has 1 saturated heterocycles. The second kappa shape index (κ2) is 11.6. The molecular weight excluding hydrogens is 484 g/mol. The number of ketones is 1. The maximum Gasteiger partial charge on any atom is 0.290 e. The SMILES string of the molecule is CCC(=O)C(=O)N(C[C@H]1CCCO1)[C@@H]1C=C(C(=O)NCCO)[C@@H]2c3cc(CO)cc(OC)c3O[C@@H]2[C@H]1O. The van der Waals surface area contributed by atoms with Gasteiger partial charge in [0.1, 0.15) is 12.2 Å². The van der Waals surface area contributed by atoms with Gasteiger partial charge in [0, 0.05) is 37.3 Å². The molecular formula is C26H34N2O9. The highest BCUT2D eigenvalue weighted by Gasteiger charge is 2.52. The van der Waals surface area contributed by atoms with E-state index in [1.165, 1.54) is 18.1 Å². The molecule has 0 bridgehead atoms. The fourth-order valence-electron chi connectivity index (χ4n) is 5.28. The Morgan fingerprint density at radius 3 is 2.65 bits per heavy atom. The molecule has 2 aliphatic heterocycles. The highest BCUT2D eigenvalue weighted by molar-refractivity contribution is 6.36. The molecule has 2 heterocycles. The van der Waals surface area contributed by atoms with Gasteiger partial charge in [-0.15, -0.1) is 0 Å². The van der Waals surface area contributed by atoms with Gasteiger partial charge in [-0.25, -0.2) is 0 Å². The molecule has 4 rings (SSSR count). The third-order valence-electron chi connectivity index (χ3n) is 7.10. The van der Waals surface area contributed by atoms with Gasteiger partial charge < -0.3 is 39.7 Å². The Kier molecular flexibility index (Phi) is 8.48. The van der Waals surface area contributed by atoms with E-state index in [4.69, 9.17) is 14.2 Å². The molecule has 0 saturated carbocycles. The fraction of sp³-hybridized carbons (Fsp3) is 0.577. The monoisotopic (exact) mass is 518 g/mol. The van der Waals surface area contributed by atoms with Crippen LogP contribution in [0, 0.1) is 0 Å². The van der Waals surface area contributed by atoms with Gasteiger partial charge in [-0.05, 0) is 36.6 Å². The van der Waals surface area contributed by atoms with Crippen molar-refractivity contribution in [3.63, 3.8) is 0 Å². The first-order valence-electron chi connectivity index (χ1n) is 12.6. The van der Waals surface area contributed by atoms with Crippen molar-refractivity contribution >= 4 is 17.6 Å². The van der Waals surface area contributed by atoms with Crippen molar-refractivity contribution in [1.82, 2.24) is 10.2 Å². The first kappa shape index (κ1) is 27.1. The maximum absolute atomic E-state index is 13.3. The van der Waals surface area contributed by atoms with E-state index in [1.54, 1.807) is 19.1 Å². The summed E-state index contributed by atoms with van der Waals surface area (Å²) >= 11 is 0. The first-order chi connectivity index (χ1) is 17.8. The zero-order chi connectivity index (χ0) is 26.7. The highest BCUT2D eigenvalue weighted by atomic mass is 16.5. The molecule has 2 amide bonds. The maximum atomic E-state index is 13.3. The minimum Gasteiger partial charge on any atom is -0.493 e. The number of ether oxygens (including phenoxy) is 3. The number of fused-ring (bicyclic) bond motifs is 3. The summed E-state index contributed by atoms with van der Waals surface area (Å²) in [6, 6.07) is 2.27. The number of nitrogens with one attached hydrogen (secondary N) is 1. The summed E-state index contributed by atoms with van der Waals surface area (Å²) < 4.78 is 17.3. The molecule has 11 heteroatoms. The van der Waals surface area contributed by atoms with Crippen LogP contribution in [0.2, 0.25) is 0 Å². The Bertz CT molecular complexity index is 1070. The predicted octanol–water partition coefficient (Wildman–Crippen LogP) is -0.203. The van der Waals surface area contributed by atoms with Gasteiger partial charge in [0.25, 0.3) is 5.91 Å². The van der Waals surface area contributed by atoms with E-state index in [9.17, 15) is 29.7 Å². The van der Waals surface area contributed by atoms with E-state index in [-0.39, 0.29) is 44.4 Å². The number of benzene rings is 1. The summed E-state index contributed by atoms with van der Waals surface area (Å²) in [4.78, 5) is 40.3. The summed E-state index contributed by atoms with van der Waals surface area (Å²) in [5.41, 5.74) is 1.31. The smallest absolute Gasteiger partial charge is 0.290 e. The molecule has 202 valence electrons. The average molecular weight is 519 g/mol. The van der Waals surface area contributed by atoms with Crippen molar-refractivity contribution in [1.29, 1.82) is 0 Å². The van der Waals surface area contributed by atoms with Gasteiger partial charge in [0.05, 0.1) is 38.4 Å². The van der Waals surface area contributed by atoms with Crippen molar-refractivity contribution in [2.24, 2.45) is 0 Å². The van der Waals surface area contributed by atoms with E-state index in [1.807, 2.05) is 0 Å². The number of amides is 2. The number of hydrogen-bond donors (Lipinski definition) is 4. The lowest BCUT2D eigenvalue weighted by atomic mass is 9.77. The highest BCUT2D eigenvalue weighted by Crippen LogP contribution is 2.51. The Labute approximate surface area is 215 Å². The van der Waals surface area contributed by atoms with Crippen LogP contribution in [-0.4, -0.2) is 95.6 Å². The van der Waals surface area contributed by atoms with Crippen LogP contribution in [0.25, 0.3) is 0 Å². The topological polar surface area (TPSA) is 155 Å². The zero-order valence-corrected chi connectivity index (χ0v) is 21.0. The number of Topliss-reactive ketones (excluding diaryl/α,β-unsaturated/α-hetero) is 1.